The van der Waals surface area contributed by atoms with E-state index in [1.54, 1.807) is 0 Å². The number of amidine groups is 1. The minimum atomic E-state index is 0.299. The van der Waals surface area contributed by atoms with Crippen LogP contribution in [-0.2, 0) is 4.79 Å². The fourth-order valence-corrected chi connectivity index (χ4v) is 3.60. The van der Waals surface area contributed by atoms with Crippen LogP contribution in [0.15, 0.2) is 9.98 Å². The zero-order valence-electron chi connectivity index (χ0n) is 13.2. The Morgan fingerprint density at radius 1 is 1.40 bits per heavy atom. The van der Waals surface area contributed by atoms with Crippen LogP contribution in [0.2, 0.25) is 0 Å². The first-order chi connectivity index (χ1) is 9.69. The van der Waals surface area contributed by atoms with Crippen LogP contribution < -0.4 is 0 Å². The highest BCUT2D eigenvalue weighted by atomic mass is 16.1. The lowest BCUT2D eigenvalue weighted by molar-refractivity contribution is -0.110. The van der Waals surface area contributed by atoms with E-state index in [4.69, 9.17) is 0 Å². The molecular weight excluding hydrogens is 248 g/mol. The molecule has 20 heavy (non-hydrogen) atoms. The van der Waals surface area contributed by atoms with Gasteiger partial charge in [0.1, 0.15) is 12.1 Å². The third-order valence-electron chi connectivity index (χ3n) is 4.59. The molecule has 3 nitrogen and oxygen atoms in total. The first kappa shape index (κ1) is 17.1. The lowest BCUT2D eigenvalue weighted by Gasteiger charge is -2.26. The molecule has 0 saturated heterocycles. The summed E-state index contributed by atoms with van der Waals surface area (Å²) in [5, 5.41) is 0. The van der Waals surface area contributed by atoms with E-state index in [1.165, 1.54) is 32.1 Å². The highest BCUT2D eigenvalue weighted by Crippen LogP contribution is 2.48. The van der Waals surface area contributed by atoms with E-state index in [0.717, 1.165) is 50.3 Å². The van der Waals surface area contributed by atoms with E-state index in [2.05, 4.69) is 30.5 Å². The molecule has 2 atom stereocenters. The molecule has 114 valence electrons. The van der Waals surface area contributed by atoms with Crippen molar-refractivity contribution in [2.24, 2.45) is 21.3 Å². The molecule has 0 aromatic rings. The van der Waals surface area contributed by atoms with Crippen LogP contribution >= 0.6 is 0 Å². The molecule has 0 aromatic heterocycles. The third-order valence-corrected chi connectivity index (χ3v) is 4.59. The van der Waals surface area contributed by atoms with Crippen molar-refractivity contribution in [2.45, 2.75) is 71.6 Å². The van der Waals surface area contributed by atoms with Crippen LogP contribution in [0.5, 0.6) is 0 Å². The van der Waals surface area contributed by atoms with E-state index in [-0.39, 0.29) is 0 Å². The molecule has 3 heteroatoms. The molecule has 0 amide bonds. The molecule has 1 aliphatic carbocycles. The van der Waals surface area contributed by atoms with Gasteiger partial charge in [0.05, 0.1) is 0 Å². The minimum Gasteiger partial charge on any atom is -0.303 e. The van der Waals surface area contributed by atoms with E-state index in [0.29, 0.717) is 5.41 Å². The maximum Gasteiger partial charge on any atom is 0.122 e. The molecule has 2 unspecified atom stereocenters. The second kappa shape index (κ2) is 9.04. The highest BCUT2D eigenvalue weighted by molar-refractivity contribution is 5.86. The molecule has 0 bridgehead atoms. The van der Waals surface area contributed by atoms with Gasteiger partial charge in [-0.05, 0) is 56.6 Å². The fraction of sp³-hybridized carbons (Fsp3) is 0.824. The largest absolute Gasteiger partial charge is 0.303 e. The Kier molecular flexibility index (Phi) is 7.71. The molecule has 0 aliphatic heterocycles. The van der Waals surface area contributed by atoms with Crippen LogP contribution in [0, 0.1) is 11.3 Å². The second-order valence-corrected chi connectivity index (χ2v) is 6.22. The zero-order chi connectivity index (χ0) is 14.8. The highest BCUT2D eigenvalue weighted by Gasteiger charge is 2.37. The molecule has 0 aromatic carbocycles. The normalized spacial score (nSPS) is 26.7. The predicted octanol–water partition coefficient (Wildman–Crippen LogP) is 4.45. The van der Waals surface area contributed by atoms with Crippen molar-refractivity contribution in [2.75, 3.05) is 6.54 Å². The summed E-state index contributed by atoms with van der Waals surface area (Å²) < 4.78 is 0. The van der Waals surface area contributed by atoms with Crippen molar-refractivity contribution < 1.29 is 4.79 Å². The maximum absolute atomic E-state index is 10.9. The van der Waals surface area contributed by atoms with Crippen LogP contribution in [0.4, 0.5) is 0 Å². The summed E-state index contributed by atoms with van der Waals surface area (Å²) >= 11 is 0. The number of rotatable bonds is 9. The van der Waals surface area contributed by atoms with Crippen molar-refractivity contribution in [1.29, 1.82) is 0 Å². The van der Waals surface area contributed by atoms with Gasteiger partial charge in [0.2, 0.25) is 0 Å². The van der Waals surface area contributed by atoms with Gasteiger partial charge in [-0.2, -0.15) is 0 Å². The van der Waals surface area contributed by atoms with Gasteiger partial charge in [-0.1, -0.05) is 20.3 Å². The molecule has 1 saturated carbocycles. The summed E-state index contributed by atoms with van der Waals surface area (Å²) in [6.07, 6.45) is 11.1. The van der Waals surface area contributed by atoms with E-state index in [1.807, 2.05) is 0 Å². The summed E-state index contributed by atoms with van der Waals surface area (Å²) in [4.78, 5) is 19.5. The second-order valence-electron chi connectivity index (χ2n) is 6.22. The van der Waals surface area contributed by atoms with E-state index >= 15 is 0 Å². The van der Waals surface area contributed by atoms with Gasteiger partial charge >= 0.3 is 0 Å². The topological polar surface area (TPSA) is 41.8 Å². The number of carbonyl (C=O) groups excluding carboxylic acids is 1. The Morgan fingerprint density at radius 3 is 2.80 bits per heavy atom. The SMILES string of the molecule is C=N/C(CCC)=N\CCC1CCC(CC=O)(CCC)C1. The van der Waals surface area contributed by atoms with Crippen molar-refractivity contribution in [3.05, 3.63) is 0 Å². The van der Waals surface area contributed by atoms with Crippen molar-refractivity contribution in [3.8, 4) is 0 Å². The van der Waals surface area contributed by atoms with Crippen LogP contribution in [0.1, 0.15) is 71.6 Å². The lowest BCUT2D eigenvalue weighted by Crippen LogP contribution is -2.17. The van der Waals surface area contributed by atoms with Gasteiger partial charge in [-0.15, -0.1) is 0 Å². The first-order valence-corrected chi connectivity index (χ1v) is 8.13. The van der Waals surface area contributed by atoms with Gasteiger partial charge in [0.25, 0.3) is 0 Å². The predicted molar refractivity (Wildman–Crippen MR) is 86.7 cm³/mol. The summed E-state index contributed by atoms with van der Waals surface area (Å²) in [5.74, 6) is 1.64. The quantitative estimate of drug-likeness (QED) is 0.349. The smallest absolute Gasteiger partial charge is 0.122 e. The summed E-state index contributed by atoms with van der Waals surface area (Å²) in [7, 11) is 0. The molecule has 0 spiro atoms. The van der Waals surface area contributed by atoms with Gasteiger partial charge in [-0.3, -0.25) is 4.99 Å². The van der Waals surface area contributed by atoms with Crippen LogP contribution in [-0.4, -0.2) is 25.4 Å². The molecule has 0 heterocycles. The molecule has 1 aliphatic rings. The number of hydrogen-bond donors (Lipinski definition) is 0. The minimum absolute atomic E-state index is 0.299. The Morgan fingerprint density at radius 2 is 2.20 bits per heavy atom. The number of aldehydes is 1. The Hall–Kier alpha value is -0.990. The first-order valence-electron chi connectivity index (χ1n) is 8.13. The van der Waals surface area contributed by atoms with E-state index < -0.39 is 0 Å². The standard InChI is InChI=1S/C17H30N2O/c1-4-6-16(18-3)19-12-8-15-7-10-17(14-15,9-5-2)11-13-20/h13,15H,3-12,14H2,1-2H3/b19-16-. The van der Waals surface area contributed by atoms with E-state index in [9.17, 15) is 4.79 Å². The van der Waals surface area contributed by atoms with Crippen molar-refractivity contribution >= 4 is 18.8 Å². The maximum atomic E-state index is 10.9. The van der Waals surface area contributed by atoms with Crippen LogP contribution in [0.3, 0.4) is 0 Å². The number of carbonyl (C=O) groups is 1. The Labute approximate surface area is 124 Å². The summed E-state index contributed by atoms with van der Waals surface area (Å²) in [6, 6.07) is 0. The number of aliphatic imine (C=N–C) groups is 2. The van der Waals surface area contributed by atoms with Gasteiger partial charge in [0, 0.05) is 19.4 Å². The zero-order valence-corrected chi connectivity index (χ0v) is 13.2. The molecule has 1 fully saturated rings. The molecular formula is C17H30N2O. The fourth-order valence-electron chi connectivity index (χ4n) is 3.60. The average molecular weight is 278 g/mol. The molecule has 1 rings (SSSR count). The van der Waals surface area contributed by atoms with Crippen molar-refractivity contribution in [3.63, 3.8) is 0 Å². The molecule has 0 N–H and O–H groups in total. The Bertz CT molecular complexity index is 338. The monoisotopic (exact) mass is 278 g/mol. The lowest BCUT2D eigenvalue weighted by atomic mass is 9.78. The average Bonchev–Trinajstić information content (AvgIpc) is 2.82. The van der Waals surface area contributed by atoms with Crippen molar-refractivity contribution in [1.82, 2.24) is 0 Å². The van der Waals surface area contributed by atoms with Gasteiger partial charge in [-0.25, -0.2) is 4.99 Å². The number of hydrogen-bond acceptors (Lipinski definition) is 2. The Balaban J connectivity index is 2.43. The number of nitrogens with zero attached hydrogens (tertiary/aromatic N) is 2. The van der Waals surface area contributed by atoms with Crippen LogP contribution in [0.25, 0.3) is 0 Å². The summed E-state index contributed by atoms with van der Waals surface area (Å²) in [5.41, 5.74) is 0.299. The summed E-state index contributed by atoms with van der Waals surface area (Å²) in [6.45, 7) is 8.80. The van der Waals surface area contributed by atoms with Gasteiger partial charge < -0.3 is 4.79 Å². The molecule has 0 radical (unpaired) electrons. The van der Waals surface area contributed by atoms with Gasteiger partial charge in [0.15, 0.2) is 0 Å². The third kappa shape index (κ3) is 5.18.